The van der Waals surface area contributed by atoms with Crippen LogP contribution < -0.4 is 83.8 Å². The van der Waals surface area contributed by atoms with Gasteiger partial charge in [0.1, 0.15) is 23.0 Å². The molecule has 14 N–H and O–H groups in total. The van der Waals surface area contributed by atoms with Crippen LogP contribution in [0.4, 0.5) is 35.1 Å². The van der Waals surface area contributed by atoms with Crippen LogP contribution in [0.25, 0.3) is 20.4 Å². The highest BCUT2D eigenvalue weighted by molar-refractivity contribution is 7.22. The van der Waals surface area contributed by atoms with Gasteiger partial charge in [-0.15, -0.1) is 0 Å². The third kappa shape index (κ3) is 16.7. The molecule has 10 aromatic rings. The lowest BCUT2D eigenvalue weighted by molar-refractivity contribution is -0.123. The number of pyridine rings is 2. The second-order valence-electron chi connectivity index (χ2n) is 29.0. The summed E-state index contributed by atoms with van der Waals surface area (Å²) in [5.74, 6) is 21.9. The van der Waals surface area contributed by atoms with Crippen molar-refractivity contribution in [1.29, 1.82) is 0 Å². The first-order valence-corrected chi connectivity index (χ1v) is 39.3. The fourth-order valence-electron chi connectivity index (χ4n) is 14.6. The van der Waals surface area contributed by atoms with Gasteiger partial charge in [0.05, 0.1) is 80.7 Å². The van der Waals surface area contributed by atoms with Crippen molar-refractivity contribution >= 4 is 130 Å². The Bertz CT molecular complexity index is 6640. The average Bonchev–Trinajstić information content (AvgIpc) is 1.63. The molecule has 4 saturated heterocycles. The molecule has 0 bridgehead atoms. The fourth-order valence-corrected chi connectivity index (χ4v) is 16.2. The van der Waals surface area contributed by atoms with E-state index in [4.69, 9.17) is 30.4 Å². The van der Waals surface area contributed by atoms with E-state index in [-0.39, 0.29) is 61.9 Å². The summed E-state index contributed by atoms with van der Waals surface area (Å²) in [5, 5.41) is 23.4. The highest BCUT2D eigenvalue weighted by Gasteiger charge is 2.53. The Kier molecular flexibility index (Phi) is 22.3. The Balaban J connectivity index is 0.000000128. The first kappa shape index (κ1) is 82.8. The molecule has 4 aromatic heterocycles. The van der Waals surface area contributed by atoms with Crippen molar-refractivity contribution in [2.45, 2.75) is 55.3 Å². The third-order valence-corrected chi connectivity index (χ3v) is 22.8. The van der Waals surface area contributed by atoms with Crippen LogP contribution in [-0.2, 0) is 45.4 Å². The Morgan fingerprint density at radius 3 is 1.23 bits per heavy atom. The largest absolute Gasteiger partial charge is 0.497 e. The Morgan fingerprint density at radius 1 is 0.444 bits per heavy atom. The molecular weight excluding hydrogens is 1640 g/mol. The number of amides is 16. The molecule has 8 aliphatic heterocycles. The van der Waals surface area contributed by atoms with Gasteiger partial charge in [-0.2, -0.15) is 0 Å². The molecule has 0 unspecified atom stereocenters. The number of urea groups is 4. The van der Waals surface area contributed by atoms with Crippen molar-refractivity contribution < 1.29 is 76.5 Å². The summed E-state index contributed by atoms with van der Waals surface area (Å²) in [6.07, 6.45) is 4.41. The first-order chi connectivity index (χ1) is 59.5. The zero-order valence-electron chi connectivity index (χ0n) is 66.5. The van der Waals surface area contributed by atoms with E-state index >= 15 is 0 Å². The van der Waals surface area contributed by atoms with Crippen LogP contribution in [-0.4, -0.2) is 195 Å². The number of hydrogen-bond donors (Lipinski definition) is 12. The van der Waals surface area contributed by atoms with Gasteiger partial charge in [0.15, 0.2) is 10.3 Å². The fraction of sp³-hybridized carbons (Fsp3) is 0.209. The number of aromatic nitrogens is 4. The smallest absolute Gasteiger partial charge is 0.323 e. The lowest BCUT2D eigenvalue weighted by Crippen LogP contribution is -2.54. The molecule has 0 saturated carbocycles. The van der Waals surface area contributed by atoms with Crippen molar-refractivity contribution in [2.24, 2.45) is 0 Å². The van der Waals surface area contributed by atoms with E-state index in [0.717, 1.165) is 47.8 Å². The molecule has 0 aliphatic carbocycles. The molecule has 0 radical (unpaired) electrons. The van der Waals surface area contributed by atoms with Crippen LogP contribution in [0.15, 0.2) is 145 Å². The molecule has 12 heterocycles. The maximum absolute atomic E-state index is 13.0. The molecule has 16 amide bonds. The lowest BCUT2D eigenvalue weighted by Gasteiger charge is -2.26. The van der Waals surface area contributed by atoms with Crippen LogP contribution in [0.1, 0.15) is 91.5 Å². The molecule has 124 heavy (non-hydrogen) atoms. The van der Waals surface area contributed by atoms with Crippen LogP contribution in [0, 0.1) is 54.3 Å². The Morgan fingerprint density at radius 2 is 0.847 bits per heavy atom. The number of thiazole rings is 2. The second kappa shape index (κ2) is 33.5. The zero-order chi connectivity index (χ0) is 87.7. The van der Waals surface area contributed by atoms with Crippen molar-refractivity contribution in [3.05, 3.63) is 223 Å². The van der Waals surface area contributed by atoms with E-state index < -0.39 is 69.9 Å². The summed E-state index contributed by atoms with van der Waals surface area (Å²) < 4.78 is 22.5. The van der Waals surface area contributed by atoms with E-state index in [1.807, 2.05) is 36.4 Å². The van der Waals surface area contributed by atoms with Gasteiger partial charge < -0.3 is 81.6 Å². The molecule has 0 spiro atoms. The number of ether oxygens (including phenoxy) is 4. The number of anilines is 3. The van der Waals surface area contributed by atoms with E-state index in [1.54, 1.807) is 92.8 Å². The quantitative estimate of drug-likeness (QED) is 0.0574. The highest BCUT2D eigenvalue weighted by Crippen LogP contribution is 2.36. The molecule has 36 nitrogen and oxygen atoms in total. The third-order valence-electron chi connectivity index (χ3n) is 20.8. The predicted octanol–water partition coefficient (Wildman–Crippen LogP) is 3.94. The minimum absolute atomic E-state index is 0.0894. The Labute approximate surface area is 711 Å². The van der Waals surface area contributed by atoms with Crippen molar-refractivity contribution in [3.8, 4) is 70.4 Å². The number of aryl methyl sites for hydroxylation is 1. The number of rotatable bonds is 13. The lowest BCUT2D eigenvalue weighted by atomic mass is 9.98. The van der Waals surface area contributed by atoms with Gasteiger partial charge in [-0.3, -0.25) is 69.4 Å². The van der Waals surface area contributed by atoms with Gasteiger partial charge >= 0.3 is 24.1 Å². The number of hydrogen-bond acceptors (Lipinski definition) is 25. The molecule has 6 aromatic carbocycles. The maximum Gasteiger partial charge on any atom is 0.323 e. The number of aromatic amines is 1. The number of carbonyl (C=O) groups excluding carboxylic acids is 12. The molecule has 624 valence electrons. The number of H-pyrrole nitrogens is 1. The summed E-state index contributed by atoms with van der Waals surface area (Å²) in [5.41, 5.74) is 15.0. The van der Waals surface area contributed by atoms with Gasteiger partial charge in [0.2, 0.25) is 27.7 Å². The van der Waals surface area contributed by atoms with E-state index in [1.165, 1.54) is 95.4 Å². The van der Waals surface area contributed by atoms with Crippen molar-refractivity contribution in [1.82, 2.24) is 82.1 Å². The molecule has 8 aliphatic rings. The van der Waals surface area contributed by atoms with Crippen LogP contribution in [0.2, 0.25) is 0 Å². The van der Waals surface area contributed by atoms with Gasteiger partial charge in [-0.05, 0) is 120 Å². The maximum atomic E-state index is 13.0. The number of methoxy groups -OCH3 is 4. The van der Waals surface area contributed by atoms with Crippen LogP contribution in [0.5, 0.6) is 23.0 Å². The number of imide groups is 4. The summed E-state index contributed by atoms with van der Waals surface area (Å²) >= 11 is 2.78. The number of carbonyl (C=O) groups is 12. The van der Waals surface area contributed by atoms with E-state index in [2.05, 4.69) is 115 Å². The molecule has 18 rings (SSSR count). The van der Waals surface area contributed by atoms with Crippen LogP contribution in [0.3, 0.4) is 0 Å². The number of nitrogens with two attached hydrogens (primary N) is 2. The molecule has 4 atom stereocenters. The molecule has 38 heteroatoms. The Hall–Kier alpha value is -16.3. The topological polar surface area (TPSA) is 487 Å². The monoisotopic (exact) mass is 1710 g/mol. The second-order valence-corrected chi connectivity index (χ2v) is 31.1. The average molecular weight is 1710 g/mol. The van der Waals surface area contributed by atoms with Gasteiger partial charge in [0, 0.05) is 102 Å². The summed E-state index contributed by atoms with van der Waals surface area (Å²) in [7, 11) is 7.88. The van der Waals surface area contributed by atoms with Crippen LogP contribution >= 0.6 is 22.7 Å². The summed E-state index contributed by atoms with van der Waals surface area (Å²) in [6.45, 7) is 2.48. The zero-order valence-corrected chi connectivity index (χ0v) is 68.1. The number of nitrogens with one attached hydrogen (secondary N) is 10. The number of benzene rings is 6. The first-order valence-electron chi connectivity index (χ1n) is 37.7. The van der Waals surface area contributed by atoms with Gasteiger partial charge in [-0.1, -0.05) is 100 Å². The minimum Gasteiger partial charge on any atom is -0.497 e. The number of nitrogen functional groups attached to an aromatic ring is 2. The number of fused-ring (bicyclic) bond motifs is 6. The normalized spacial score (nSPS) is 19.5. The van der Waals surface area contributed by atoms with E-state index in [0.29, 0.717) is 104 Å². The standard InChI is InChI=1S/C23H19N5O4S.C22H17N5O4S.C21H18N4O5.C20H17N5O4/c1-24-22-25-17-5-3-4-13(18(17)33-22)8-9-23(20(30)26-21(31)27-23)12-28-11-14-6-7-15(32-2)10-16(14)19(28)29;1-31-14-4-3-13-10-27(18(28)15(13)9-14)11-22(19(29)25-21(30)26-22)7-6-12-2-5-16-17(8-12)32-20(23)24-16;1-12-7-17(26)22-9-13(12)5-6-21(19(28)23-20(29)24-21)11-25-10-14-3-4-15(30-2)8-16(14)18(25)27;1-29-15-3-2-13-10-25(17(26)16(13)7-15)11-20(18(27)23-19(28)24-20)5-4-12-6-14(21)9-22-8-12/h3-7,10H,11-12H2,1-2H3,(H,24,25)(H2,26,27,30,31);2-5,8-9H,10-11H2,1H3,(H2,23,24)(H2,25,26,29,30);3-4,7-9H,10-11H2,1-2H3,(H,22,26)(H2,23,24,28,29);2-3,6-9H,10-11,21H2,1H3,(H2,23,24,27,28)/t23-;22-;21-;20-/m1111/s1. The van der Waals surface area contributed by atoms with Gasteiger partial charge in [0.25, 0.3) is 47.3 Å². The minimum atomic E-state index is -1.61. The number of nitrogens with zero attached hydrogens (tertiary/aromatic N) is 7. The molecular formula is C86H71N19O17S2. The van der Waals surface area contributed by atoms with Crippen molar-refractivity contribution in [2.75, 3.05) is 78.5 Å². The van der Waals surface area contributed by atoms with Gasteiger partial charge in [-0.25, -0.2) is 29.1 Å². The predicted molar refractivity (Wildman–Crippen MR) is 450 cm³/mol. The summed E-state index contributed by atoms with van der Waals surface area (Å²) in [6, 6.07) is 32.2. The van der Waals surface area contributed by atoms with E-state index in [9.17, 15) is 62.3 Å². The molecule has 4 fully saturated rings. The van der Waals surface area contributed by atoms with Crippen molar-refractivity contribution in [3.63, 3.8) is 0 Å². The summed E-state index contributed by atoms with van der Waals surface area (Å²) in [4.78, 5) is 183. The highest BCUT2D eigenvalue weighted by atomic mass is 32.1. The SMILES string of the molecule is CNc1nc2cccc(C#C[C@]3(CN4Cc5ccc(OC)cc5C4=O)NC(=O)NC3=O)c2s1.COc1ccc2c(c1)C(=O)N(C[C@@]1(C#Cc3c[nH]c(=O)cc3C)NC(=O)NC1=O)C2.COc1ccc2c(c1)C(=O)N(C[C@@]1(C#Cc3ccc4nc(N)sc4c3)NC(=O)NC1=O)C2.COc1ccc2c(c1)C(=O)N(C[C@@]1(C#Cc3cncc(N)c3)NC(=O)NC1=O)C2.